The number of anilines is 1. The molecule has 3 heteroatoms. The van der Waals surface area contributed by atoms with Gasteiger partial charge in [0.1, 0.15) is 5.75 Å². The lowest BCUT2D eigenvalue weighted by molar-refractivity contribution is -0.134. The van der Waals surface area contributed by atoms with Crippen LogP contribution >= 0.6 is 0 Å². The summed E-state index contributed by atoms with van der Waals surface area (Å²) in [5, 5.41) is 0. The predicted octanol–water partition coefficient (Wildman–Crippen LogP) is 2.77. The Morgan fingerprint density at radius 3 is 2.88 bits per heavy atom. The number of benzene rings is 1. The summed E-state index contributed by atoms with van der Waals surface area (Å²) in [7, 11) is 0. The molecule has 0 saturated heterocycles. The Hall–Kier alpha value is -1.51. The van der Waals surface area contributed by atoms with E-state index in [2.05, 4.69) is 24.8 Å². The number of rotatable bonds is 3. The molecular weight excluding hydrogens is 214 g/mol. The number of carbonyl (C=O) groups is 1. The maximum Gasteiger partial charge on any atom is 0.310 e. The van der Waals surface area contributed by atoms with Gasteiger partial charge in [0.2, 0.25) is 0 Å². The van der Waals surface area contributed by atoms with E-state index in [0.717, 1.165) is 13.0 Å². The van der Waals surface area contributed by atoms with E-state index in [1.165, 1.54) is 11.3 Å². The SMILES string of the molecule is CCC(=O)Oc1ccc2c(c1)CC(C)N2CC. The molecule has 17 heavy (non-hydrogen) atoms. The van der Waals surface area contributed by atoms with Crippen LogP contribution in [0.5, 0.6) is 5.75 Å². The molecule has 1 aliphatic heterocycles. The maximum absolute atomic E-state index is 11.2. The van der Waals surface area contributed by atoms with Crippen LogP contribution in [0.25, 0.3) is 0 Å². The normalized spacial score (nSPS) is 18.1. The van der Waals surface area contributed by atoms with Crippen molar-refractivity contribution in [2.75, 3.05) is 11.4 Å². The van der Waals surface area contributed by atoms with Gasteiger partial charge in [-0.2, -0.15) is 0 Å². The van der Waals surface area contributed by atoms with Gasteiger partial charge in [-0.25, -0.2) is 0 Å². The Labute approximate surface area is 102 Å². The summed E-state index contributed by atoms with van der Waals surface area (Å²) < 4.78 is 5.24. The van der Waals surface area contributed by atoms with Gasteiger partial charge >= 0.3 is 5.97 Å². The smallest absolute Gasteiger partial charge is 0.310 e. The first-order valence-corrected chi connectivity index (χ1v) is 6.26. The number of hydrogen-bond donors (Lipinski definition) is 0. The molecular formula is C14H19NO2. The van der Waals surface area contributed by atoms with Crippen LogP contribution in [0.2, 0.25) is 0 Å². The summed E-state index contributed by atoms with van der Waals surface area (Å²) in [5.41, 5.74) is 2.55. The van der Waals surface area contributed by atoms with Gasteiger partial charge in [0.15, 0.2) is 0 Å². The molecule has 0 spiro atoms. The fourth-order valence-corrected chi connectivity index (χ4v) is 2.42. The van der Waals surface area contributed by atoms with Crippen molar-refractivity contribution in [3.8, 4) is 5.75 Å². The van der Waals surface area contributed by atoms with Gasteiger partial charge in [-0.15, -0.1) is 0 Å². The number of nitrogens with zero attached hydrogens (tertiary/aromatic N) is 1. The zero-order chi connectivity index (χ0) is 12.4. The lowest BCUT2D eigenvalue weighted by Crippen LogP contribution is -2.28. The zero-order valence-electron chi connectivity index (χ0n) is 10.7. The minimum Gasteiger partial charge on any atom is -0.427 e. The molecule has 1 aromatic carbocycles. The van der Waals surface area contributed by atoms with E-state index >= 15 is 0 Å². The molecule has 0 fully saturated rings. The molecule has 0 aliphatic carbocycles. The van der Waals surface area contributed by atoms with E-state index in [1.54, 1.807) is 6.92 Å². The number of fused-ring (bicyclic) bond motifs is 1. The van der Waals surface area contributed by atoms with Crippen LogP contribution in [0.3, 0.4) is 0 Å². The van der Waals surface area contributed by atoms with Crippen LogP contribution in [-0.2, 0) is 11.2 Å². The molecule has 0 amide bonds. The van der Waals surface area contributed by atoms with Crippen molar-refractivity contribution in [3.63, 3.8) is 0 Å². The second kappa shape index (κ2) is 4.78. The van der Waals surface area contributed by atoms with Crippen LogP contribution < -0.4 is 9.64 Å². The average Bonchev–Trinajstić information content (AvgIpc) is 2.63. The molecule has 0 aromatic heterocycles. The minimum atomic E-state index is -0.177. The van der Waals surface area contributed by atoms with Gasteiger partial charge in [0, 0.05) is 24.7 Å². The molecule has 1 aliphatic rings. The van der Waals surface area contributed by atoms with Crippen LogP contribution in [-0.4, -0.2) is 18.6 Å². The van der Waals surface area contributed by atoms with Gasteiger partial charge < -0.3 is 9.64 Å². The molecule has 1 heterocycles. The first kappa shape index (κ1) is 12.0. The summed E-state index contributed by atoms with van der Waals surface area (Å²) in [5.74, 6) is 0.490. The molecule has 1 atom stereocenters. The summed E-state index contributed by atoms with van der Waals surface area (Å²) in [6.07, 6.45) is 1.44. The molecule has 92 valence electrons. The van der Waals surface area contributed by atoms with Crippen molar-refractivity contribution >= 4 is 11.7 Å². The van der Waals surface area contributed by atoms with Crippen LogP contribution in [0.15, 0.2) is 18.2 Å². The van der Waals surface area contributed by atoms with Gasteiger partial charge in [-0.3, -0.25) is 4.79 Å². The largest absolute Gasteiger partial charge is 0.427 e. The Morgan fingerprint density at radius 1 is 1.47 bits per heavy atom. The highest BCUT2D eigenvalue weighted by Gasteiger charge is 2.24. The van der Waals surface area contributed by atoms with Crippen molar-refractivity contribution in [2.45, 2.75) is 39.7 Å². The van der Waals surface area contributed by atoms with Gasteiger partial charge in [0.25, 0.3) is 0 Å². The number of likely N-dealkylation sites (N-methyl/N-ethyl adjacent to an activating group) is 1. The number of hydrogen-bond acceptors (Lipinski definition) is 3. The van der Waals surface area contributed by atoms with E-state index in [1.807, 2.05) is 12.1 Å². The van der Waals surface area contributed by atoms with Crippen LogP contribution in [0.4, 0.5) is 5.69 Å². The second-order valence-corrected chi connectivity index (χ2v) is 4.46. The van der Waals surface area contributed by atoms with Gasteiger partial charge in [-0.05, 0) is 44.0 Å². The molecule has 0 saturated carbocycles. The topological polar surface area (TPSA) is 29.5 Å². The van der Waals surface area contributed by atoms with Crippen molar-refractivity contribution in [3.05, 3.63) is 23.8 Å². The molecule has 0 N–H and O–H groups in total. The van der Waals surface area contributed by atoms with Crippen molar-refractivity contribution in [1.29, 1.82) is 0 Å². The fourth-order valence-electron chi connectivity index (χ4n) is 2.42. The lowest BCUT2D eigenvalue weighted by Gasteiger charge is -2.22. The Kier molecular flexibility index (Phi) is 3.36. The van der Waals surface area contributed by atoms with E-state index < -0.39 is 0 Å². The third-order valence-electron chi connectivity index (χ3n) is 3.27. The third-order valence-corrected chi connectivity index (χ3v) is 3.27. The molecule has 1 aromatic rings. The van der Waals surface area contributed by atoms with Crippen molar-refractivity contribution in [1.82, 2.24) is 0 Å². The lowest BCUT2D eigenvalue weighted by atomic mass is 10.1. The number of esters is 1. The van der Waals surface area contributed by atoms with E-state index in [0.29, 0.717) is 18.2 Å². The fraction of sp³-hybridized carbons (Fsp3) is 0.500. The van der Waals surface area contributed by atoms with E-state index in [-0.39, 0.29) is 5.97 Å². The van der Waals surface area contributed by atoms with Crippen molar-refractivity contribution < 1.29 is 9.53 Å². The molecule has 1 unspecified atom stereocenters. The summed E-state index contributed by atoms with van der Waals surface area (Å²) in [6.45, 7) is 7.21. The summed E-state index contributed by atoms with van der Waals surface area (Å²) >= 11 is 0. The molecule has 2 rings (SSSR count). The molecule has 0 radical (unpaired) electrons. The summed E-state index contributed by atoms with van der Waals surface area (Å²) in [4.78, 5) is 13.6. The first-order chi connectivity index (χ1) is 8.15. The summed E-state index contributed by atoms with van der Waals surface area (Å²) in [6, 6.07) is 6.47. The minimum absolute atomic E-state index is 0.177. The predicted molar refractivity (Wildman–Crippen MR) is 68.6 cm³/mol. The second-order valence-electron chi connectivity index (χ2n) is 4.46. The Bertz CT molecular complexity index is 428. The maximum atomic E-state index is 11.2. The highest BCUT2D eigenvalue weighted by Crippen LogP contribution is 2.34. The Balaban J connectivity index is 2.22. The number of carbonyl (C=O) groups excluding carboxylic acids is 1. The zero-order valence-corrected chi connectivity index (χ0v) is 10.7. The van der Waals surface area contributed by atoms with Gasteiger partial charge in [-0.1, -0.05) is 6.92 Å². The highest BCUT2D eigenvalue weighted by atomic mass is 16.5. The van der Waals surface area contributed by atoms with Gasteiger partial charge in [0.05, 0.1) is 0 Å². The standard InChI is InChI=1S/C14H19NO2/c1-4-14(16)17-12-6-7-13-11(9-12)8-10(3)15(13)5-2/h6-7,9-10H,4-5,8H2,1-3H3. The average molecular weight is 233 g/mol. The van der Waals surface area contributed by atoms with E-state index in [9.17, 15) is 4.79 Å². The highest BCUT2D eigenvalue weighted by molar-refractivity contribution is 5.72. The first-order valence-electron chi connectivity index (χ1n) is 6.26. The number of ether oxygens (including phenoxy) is 1. The van der Waals surface area contributed by atoms with Crippen LogP contribution in [0.1, 0.15) is 32.8 Å². The van der Waals surface area contributed by atoms with Crippen LogP contribution in [0, 0.1) is 0 Å². The van der Waals surface area contributed by atoms with Crippen molar-refractivity contribution in [2.24, 2.45) is 0 Å². The quantitative estimate of drug-likeness (QED) is 0.594. The Morgan fingerprint density at radius 2 is 2.24 bits per heavy atom. The van der Waals surface area contributed by atoms with E-state index in [4.69, 9.17) is 4.74 Å². The molecule has 3 nitrogen and oxygen atoms in total. The monoisotopic (exact) mass is 233 g/mol. The molecule has 0 bridgehead atoms. The third kappa shape index (κ3) is 2.28.